The van der Waals surface area contributed by atoms with Crippen molar-refractivity contribution in [1.29, 1.82) is 0 Å². The second-order valence-electron chi connectivity index (χ2n) is 9.64. The number of rotatable bonds is 9. The number of thiazole rings is 1. The van der Waals surface area contributed by atoms with Gasteiger partial charge in [0.1, 0.15) is 12.6 Å². The van der Waals surface area contributed by atoms with Gasteiger partial charge in [0.05, 0.1) is 36.7 Å². The smallest absolute Gasteiger partial charge is 0.338 e. The van der Waals surface area contributed by atoms with Gasteiger partial charge >= 0.3 is 11.7 Å². The molecule has 15 heteroatoms. The first-order valence-electron chi connectivity index (χ1n) is 13.3. The molecular formula is C30H22BrClN4O8S. The molecule has 0 N–H and O–H groups in total. The molecule has 0 saturated heterocycles. The molecule has 4 aromatic rings. The Hall–Kier alpha value is -4.66. The highest BCUT2D eigenvalue weighted by Crippen LogP contribution is 2.38. The maximum atomic E-state index is 13.9. The number of halogens is 2. The van der Waals surface area contributed by atoms with Gasteiger partial charge in [-0.25, -0.2) is 9.79 Å². The third-order valence-corrected chi connectivity index (χ3v) is 8.70. The summed E-state index contributed by atoms with van der Waals surface area (Å²) in [4.78, 5) is 53.6. The van der Waals surface area contributed by atoms with E-state index in [2.05, 4.69) is 20.9 Å². The fourth-order valence-electron chi connectivity index (χ4n) is 4.76. The Morgan fingerprint density at radius 1 is 1.13 bits per heavy atom. The maximum Gasteiger partial charge on any atom is 0.338 e. The lowest BCUT2D eigenvalue weighted by Crippen LogP contribution is -2.40. The predicted molar refractivity (Wildman–Crippen MR) is 170 cm³/mol. The average Bonchev–Trinajstić information content (AvgIpc) is 3.30. The third-order valence-electron chi connectivity index (χ3n) is 6.79. The van der Waals surface area contributed by atoms with Crippen LogP contribution in [0.1, 0.15) is 36.6 Å². The van der Waals surface area contributed by atoms with Gasteiger partial charge in [0.2, 0.25) is 5.75 Å². The van der Waals surface area contributed by atoms with Gasteiger partial charge in [0, 0.05) is 23.2 Å². The number of nitrogens with zero attached hydrogens (tertiary/aromatic N) is 4. The Balaban J connectivity index is 1.57. The molecule has 45 heavy (non-hydrogen) atoms. The first kappa shape index (κ1) is 31.8. The number of carbonyl (C=O) groups is 1. The van der Waals surface area contributed by atoms with Crippen molar-refractivity contribution in [2.24, 2.45) is 4.99 Å². The Labute approximate surface area is 271 Å². The maximum absolute atomic E-state index is 13.9. The van der Waals surface area contributed by atoms with Gasteiger partial charge in [0.25, 0.3) is 11.2 Å². The van der Waals surface area contributed by atoms with Crippen molar-refractivity contribution in [3.8, 4) is 5.75 Å². The summed E-state index contributed by atoms with van der Waals surface area (Å²) in [6, 6.07) is 14.4. The van der Waals surface area contributed by atoms with Crippen LogP contribution in [-0.2, 0) is 16.1 Å². The number of nitro groups is 2. The molecule has 0 aliphatic carbocycles. The molecule has 5 rings (SSSR count). The summed E-state index contributed by atoms with van der Waals surface area (Å²) in [5.41, 5.74) is 1.03. The summed E-state index contributed by atoms with van der Waals surface area (Å²) in [7, 11) is 0. The summed E-state index contributed by atoms with van der Waals surface area (Å²) in [5.74, 6) is -0.674. The van der Waals surface area contributed by atoms with E-state index in [9.17, 15) is 29.8 Å². The lowest BCUT2D eigenvalue weighted by Gasteiger charge is -2.25. The Morgan fingerprint density at radius 3 is 2.49 bits per heavy atom. The fraction of sp³-hybridized carbons (Fsp3) is 0.167. The number of ether oxygens (including phenoxy) is 2. The van der Waals surface area contributed by atoms with E-state index in [1.165, 1.54) is 41.0 Å². The highest BCUT2D eigenvalue weighted by molar-refractivity contribution is 9.10. The molecule has 0 spiro atoms. The SMILES string of the molecule is CCOC(=O)C1=C(C)N=c2s/c(=C\c3cc(Br)c(OCc4ccc([N+](=O)[O-])cc4)c([N+](=O)[O-])c3)c(=O)n2[C@@H]1c1ccccc1Cl. The Bertz CT molecular complexity index is 2070. The largest absolute Gasteiger partial charge is 0.481 e. The number of fused-ring (bicyclic) bond motifs is 1. The zero-order valence-corrected chi connectivity index (χ0v) is 26.7. The van der Waals surface area contributed by atoms with E-state index < -0.39 is 27.4 Å². The summed E-state index contributed by atoms with van der Waals surface area (Å²) in [5, 5.41) is 23.3. The molecule has 0 saturated carbocycles. The fourth-order valence-corrected chi connectivity index (χ4v) is 6.63. The van der Waals surface area contributed by atoms with Crippen LogP contribution in [-0.4, -0.2) is 27.0 Å². The number of esters is 1. The van der Waals surface area contributed by atoms with Gasteiger partial charge in [0.15, 0.2) is 4.80 Å². The quantitative estimate of drug-likeness (QED) is 0.123. The van der Waals surface area contributed by atoms with Gasteiger partial charge < -0.3 is 9.47 Å². The molecule has 0 amide bonds. The van der Waals surface area contributed by atoms with E-state index >= 15 is 0 Å². The minimum atomic E-state index is -0.910. The first-order chi connectivity index (χ1) is 21.5. The summed E-state index contributed by atoms with van der Waals surface area (Å²) >= 11 is 10.9. The van der Waals surface area contributed by atoms with Crippen molar-refractivity contribution in [3.05, 3.63) is 138 Å². The van der Waals surface area contributed by atoms with Crippen LogP contribution < -0.4 is 19.6 Å². The molecule has 0 radical (unpaired) electrons. The van der Waals surface area contributed by atoms with Crippen LogP contribution in [0.5, 0.6) is 5.75 Å². The summed E-state index contributed by atoms with van der Waals surface area (Å²) < 4.78 is 12.9. The van der Waals surface area contributed by atoms with E-state index in [-0.39, 0.29) is 44.9 Å². The van der Waals surface area contributed by atoms with Gasteiger partial charge in [-0.2, -0.15) is 0 Å². The van der Waals surface area contributed by atoms with Gasteiger partial charge in [-0.15, -0.1) is 0 Å². The predicted octanol–water partition coefficient (Wildman–Crippen LogP) is 5.61. The molecule has 2 heterocycles. The first-order valence-corrected chi connectivity index (χ1v) is 15.3. The molecule has 12 nitrogen and oxygen atoms in total. The number of benzene rings is 3. The second kappa shape index (κ2) is 13.1. The molecule has 0 fully saturated rings. The summed E-state index contributed by atoms with van der Waals surface area (Å²) in [6.07, 6.45) is 1.49. The van der Waals surface area contributed by atoms with Crippen LogP contribution >= 0.6 is 38.9 Å². The minimum Gasteiger partial charge on any atom is -0.481 e. The molecule has 1 aromatic heterocycles. The average molecular weight is 714 g/mol. The molecule has 1 aliphatic rings. The van der Waals surface area contributed by atoms with E-state index in [1.54, 1.807) is 44.2 Å². The lowest BCUT2D eigenvalue weighted by molar-refractivity contribution is -0.386. The molecule has 3 aromatic carbocycles. The van der Waals surface area contributed by atoms with E-state index in [4.69, 9.17) is 21.1 Å². The lowest BCUT2D eigenvalue weighted by atomic mass is 9.96. The Kier molecular flexibility index (Phi) is 9.27. The molecular weight excluding hydrogens is 692 g/mol. The van der Waals surface area contributed by atoms with Gasteiger partial charge in [-0.05, 0) is 76.8 Å². The minimum absolute atomic E-state index is 0.0506. The normalized spacial score (nSPS) is 14.5. The van der Waals surface area contributed by atoms with Crippen LogP contribution in [0.3, 0.4) is 0 Å². The third kappa shape index (κ3) is 6.43. The highest BCUT2D eigenvalue weighted by Gasteiger charge is 2.34. The molecule has 1 atom stereocenters. The highest BCUT2D eigenvalue weighted by atomic mass is 79.9. The number of hydrogen-bond acceptors (Lipinski definition) is 10. The van der Waals surface area contributed by atoms with E-state index in [0.29, 0.717) is 32.2 Å². The Morgan fingerprint density at radius 2 is 1.84 bits per heavy atom. The van der Waals surface area contributed by atoms with Crippen LogP contribution in [0.4, 0.5) is 11.4 Å². The second-order valence-corrected chi connectivity index (χ2v) is 11.9. The molecule has 230 valence electrons. The number of hydrogen-bond donors (Lipinski definition) is 0. The zero-order valence-electron chi connectivity index (χ0n) is 23.6. The van der Waals surface area contributed by atoms with Crippen molar-refractivity contribution in [2.45, 2.75) is 26.5 Å². The van der Waals surface area contributed by atoms with Crippen LogP contribution in [0.15, 0.2) is 86.2 Å². The van der Waals surface area contributed by atoms with Gasteiger partial charge in [-0.3, -0.25) is 29.6 Å². The van der Waals surface area contributed by atoms with Crippen molar-refractivity contribution >= 4 is 62.3 Å². The van der Waals surface area contributed by atoms with Crippen molar-refractivity contribution < 1.29 is 24.1 Å². The molecule has 1 aliphatic heterocycles. The number of non-ortho nitro benzene ring substituents is 1. The number of nitro benzene ring substituents is 2. The van der Waals surface area contributed by atoms with Gasteiger partial charge in [-0.1, -0.05) is 41.1 Å². The number of aromatic nitrogens is 1. The summed E-state index contributed by atoms with van der Waals surface area (Å²) in [6.45, 7) is 3.37. The zero-order chi connectivity index (χ0) is 32.4. The topological polar surface area (TPSA) is 156 Å². The van der Waals surface area contributed by atoms with Crippen molar-refractivity contribution in [2.75, 3.05) is 6.61 Å². The number of allylic oxidation sites excluding steroid dienone is 1. The van der Waals surface area contributed by atoms with Crippen molar-refractivity contribution in [3.63, 3.8) is 0 Å². The molecule has 0 bridgehead atoms. The molecule has 0 unspecified atom stereocenters. The number of carbonyl (C=O) groups excluding carboxylic acids is 1. The standard InChI is InChI=1S/C30H22BrClN4O8S/c1-3-43-29(38)25-16(2)33-30-34(26(25)20-6-4-5-7-22(20)32)28(37)24(45-30)14-18-12-21(31)27(23(13-18)36(41)42)44-15-17-8-10-19(11-9-17)35(39)40/h4-14,26H,3,15H2,1-2H3/b24-14-/t26-/m1/s1. The van der Waals surface area contributed by atoms with Crippen LogP contribution in [0, 0.1) is 20.2 Å². The van der Waals surface area contributed by atoms with Crippen molar-refractivity contribution in [1.82, 2.24) is 4.57 Å². The monoisotopic (exact) mass is 712 g/mol. The van der Waals surface area contributed by atoms with E-state index in [1.807, 2.05) is 0 Å². The van der Waals surface area contributed by atoms with Crippen LogP contribution in [0.25, 0.3) is 6.08 Å². The van der Waals surface area contributed by atoms with E-state index in [0.717, 1.165) is 11.3 Å². The van der Waals surface area contributed by atoms with Crippen LogP contribution in [0.2, 0.25) is 5.02 Å².